The van der Waals surface area contributed by atoms with Gasteiger partial charge in [-0.1, -0.05) is 24.3 Å². The maximum Gasteiger partial charge on any atom is 0.264 e. The van der Waals surface area contributed by atoms with Crippen LogP contribution >= 0.6 is 0 Å². The van der Waals surface area contributed by atoms with Crippen LogP contribution in [0.2, 0.25) is 0 Å². The van der Waals surface area contributed by atoms with Crippen LogP contribution in [0.15, 0.2) is 77.7 Å². The van der Waals surface area contributed by atoms with E-state index in [-0.39, 0.29) is 4.90 Å². The number of anilines is 1. The van der Waals surface area contributed by atoms with Gasteiger partial charge in [-0.2, -0.15) is 0 Å². The third-order valence-electron chi connectivity index (χ3n) is 5.34. The summed E-state index contributed by atoms with van der Waals surface area (Å²) in [4.78, 5) is 13.1. The van der Waals surface area contributed by atoms with Gasteiger partial charge in [0.2, 0.25) is 5.91 Å². The second kappa shape index (κ2) is 11.6. The molecular formula is C26H30N2O6S. The zero-order valence-corrected chi connectivity index (χ0v) is 21.0. The van der Waals surface area contributed by atoms with Gasteiger partial charge in [0.15, 0.2) is 11.5 Å². The van der Waals surface area contributed by atoms with Crippen molar-refractivity contribution < 1.29 is 27.4 Å². The molecule has 0 aromatic heterocycles. The molecule has 0 radical (unpaired) electrons. The predicted molar refractivity (Wildman–Crippen MR) is 135 cm³/mol. The summed E-state index contributed by atoms with van der Waals surface area (Å²) in [5.41, 5.74) is 1.14. The first-order valence-electron chi connectivity index (χ1n) is 11.1. The van der Waals surface area contributed by atoms with Crippen molar-refractivity contribution in [1.29, 1.82) is 0 Å². The van der Waals surface area contributed by atoms with Crippen LogP contribution in [-0.2, 0) is 14.8 Å². The van der Waals surface area contributed by atoms with Crippen molar-refractivity contribution in [3.63, 3.8) is 0 Å². The third kappa shape index (κ3) is 6.24. The summed E-state index contributed by atoms with van der Waals surface area (Å²) >= 11 is 0. The molecule has 8 nitrogen and oxygen atoms in total. The number of carbonyl (C=O) groups excluding carboxylic acids is 1. The van der Waals surface area contributed by atoms with Crippen LogP contribution in [-0.4, -0.2) is 41.7 Å². The summed E-state index contributed by atoms with van der Waals surface area (Å²) in [5, 5.41) is 2.87. The van der Waals surface area contributed by atoms with E-state index in [1.807, 2.05) is 19.9 Å². The number of hydrogen-bond acceptors (Lipinski definition) is 6. The van der Waals surface area contributed by atoms with E-state index < -0.39 is 28.5 Å². The average Bonchev–Trinajstić information content (AvgIpc) is 2.88. The smallest absolute Gasteiger partial charge is 0.264 e. The highest BCUT2D eigenvalue weighted by atomic mass is 32.2. The molecule has 1 atom stereocenters. The van der Waals surface area contributed by atoms with Crippen LogP contribution in [0.25, 0.3) is 0 Å². The molecule has 1 N–H and O–H groups in total. The van der Waals surface area contributed by atoms with E-state index in [2.05, 4.69) is 5.32 Å². The molecule has 0 aliphatic heterocycles. The lowest BCUT2D eigenvalue weighted by molar-refractivity contribution is -0.120. The number of ether oxygens (including phenoxy) is 3. The number of methoxy groups -OCH3 is 2. The first-order valence-corrected chi connectivity index (χ1v) is 12.6. The van der Waals surface area contributed by atoms with E-state index in [1.54, 1.807) is 61.7 Å². The molecule has 9 heteroatoms. The van der Waals surface area contributed by atoms with Crippen molar-refractivity contribution in [2.24, 2.45) is 0 Å². The molecule has 3 aromatic rings. The Morgan fingerprint density at radius 2 is 1.60 bits per heavy atom. The van der Waals surface area contributed by atoms with E-state index in [0.717, 1.165) is 9.87 Å². The normalized spacial score (nSPS) is 11.9. The van der Waals surface area contributed by atoms with E-state index in [0.29, 0.717) is 29.5 Å². The Balaban J connectivity index is 1.86. The van der Waals surface area contributed by atoms with Crippen LogP contribution in [0.4, 0.5) is 5.69 Å². The molecule has 0 aliphatic carbocycles. The Morgan fingerprint density at radius 1 is 0.943 bits per heavy atom. The van der Waals surface area contributed by atoms with Gasteiger partial charge in [-0.05, 0) is 67.9 Å². The van der Waals surface area contributed by atoms with Crippen LogP contribution in [0.5, 0.6) is 17.2 Å². The van der Waals surface area contributed by atoms with E-state index >= 15 is 0 Å². The van der Waals surface area contributed by atoms with Gasteiger partial charge in [-0.3, -0.25) is 9.10 Å². The van der Waals surface area contributed by atoms with Gasteiger partial charge in [-0.15, -0.1) is 0 Å². The van der Waals surface area contributed by atoms with Crippen LogP contribution in [0.3, 0.4) is 0 Å². The molecule has 35 heavy (non-hydrogen) atoms. The summed E-state index contributed by atoms with van der Waals surface area (Å²) in [6, 6.07) is 19.6. The van der Waals surface area contributed by atoms with Gasteiger partial charge in [0.25, 0.3) is 10.0 Å². The molecule has 186 valence electrons. The van der Waals surface area contributed by atoms with Crippen LogP contribution in [0.1, 0.15) is 25.5 Å². The number of amides is 1. The maximum atomic E-state index is 13.5. The summed E-state index contributed by atoms with van der Waals surface area (Å²) in [7, 11) is -0.917. The van der Waals surface area contributed by atoms with Crippen molar-refractivity contribution in [1.82, 2.24) is 5.32 Å². The quantitative estimate of drug-likeness (QED) is 0.426. The zero-order valence-electron chi connectivity index (χ0n) is 20.2. The Kier molecular flexibility index (Phi) is 8.59. The van der Waals surface area contributed by atoms with Gasteiger partial charge in [0.1, 0.15) is 12.3 Å². The second-order valence-corrected chi connectivity index (χ2v) is 9.52. The van der Waals surface area contributed by atoms with Crippen LogP contribution in [0, 0.1) is 0 Å². The highest BCUT2D eigenvalue weighted by Gasteiger charge is 2.27. The van der Waals surface area contributed by atoms with Crippen molar-refractivity contribution in [3.8, 4) is 17.2 Å². The fourth-order valence-electron chi connectivity index (χ4n) is 3.53. The first kappa shape index (κ1) is 25.9. The Bertz CT molecular complexity index is 1230. The van der Waals surface area contributed by atoms with Crippen molar-refractivity contribution >= 4 is 21.6 Å². The number of rotatable bonds is 11. The monoisotopic (exact) mass is 498 g/mol. The molecule has 3 rings (SSSR count). The predicted octanol–water partition coefficient (Wildman–Crippen LogP) is 4.18. The van der Waals surface area contributed by atoms with Crippen molar-refractivity contribution in [3.05, 3.63) is 78.4 Å². The highest BCUT2D eigenvalue weighted by molar-refractivity contribution is 7.92. The molecule has 1 amide bonds. The Hall–Kier alpha value is -3.72. The van der Waals surface area contributed by atoms with Gasteiger partial charge in [0.05, 0.1) is 37.5 Å². The molecular weight excluding hydrogens is 468 g/mol. The van der Waals surface area contributed by atoms with Gasteiger partial charge in [-0.25, -0.2) is 8.42 Å². The Morgan fingerprint density at radius 3 is 2.20 bits per heavy atom. The van der Waals surface area contributed by atoms with E-state index in [9.17, 15) is 13.2 Å². The molecule has 0 unspecified atom stereocenters. The largest absolute Gasteiger partial charge is 0.494 e. The molecule has 0 bridgehead atoms. The minimum Gasteiger partial charge on any atom is -0.494 e. The summed E-state index contributed by atoms with van der Waals surface area (Å²) in [6.07, 6.45) is 0. The first-order chi connectivity index (χ1) is 16.8. The maximum absolute atomic E-state index is 13.5. The lowest BCUT2D eigenvalue weighted by atomic mass is 10.1. The number of sulfonamides is 1. The molecule has 0 spiro atoms. The van der Waals surface area contributed by atoms with Gasteiger partial charge < -0.3 is 19.5 Å². The fourth-order valence-corrected chi connectivity index (χ4v) is 4.98. The molecule has 0 saturated heterocycles. The van der Waals surface area contributed by atoms with Gasteiger partial charge in [0, 0.05) is 0 Å². The van der Waals surface area contributed by atoms with E-state index in [4.69, 9.17) is 14.2 Å². The molecule has 3 aromatic carbocycles. The van der Waals surface area contributed by atoms with E-state index in [1.165, 1.54) is 19.2 Å². The number of hydrogen-bond donors (Lipinski definition) is 1. The lowest BCUT2D eigenvalue weighted by Crippen LogP contribution is -2.41. The van der Waals surface area contributed by atoms with Gasteiger partial charge >= 0.3 is 0 Å². The second-order valence-electron chi connectivity index (χ2n) is 7.66. The molecule has 0 aliphatic rings. The molecule has 0 saturated carbocycles. The number of carbonyl (C=O) groups is 1. The lowest BCUT2D eigenvalue weighted by Gasteiger charge is -2.25. The van der Waals surface area contributed by atoms with Crippen molar-refractivity contribution in [2.45, 2.75) is 24.8 Å². The fraction of sp³-hybridized carbons (Fsp3) is 0.269. The standard InChI is InChI=1S/C26H30N2O6S/c1-5-34-22-14-12-21(13-15-22)28(35(30,31)23-9-7-6-8-10-23)18-26(29)27-19(2)20-11-16-24(32-3)25(17-20)33-4/h6-17,19H,5,18H2,1-4H3,(H,27,29)/t19-/m1/s1. The topological polar surface area (TPSA) is 94.2 Å². The molecule has 0 fully saturated rings. The highest BCUT2D eigenvalue weighted by Crippen LogP contribution is 2.30. The number of benzene rings is 3. The minimum atomic E-state index is -4.00. The third-order valence-corrected chi connectivity index (χ3v) is 7.13. The summed E-state index contributed by atoms with van der Waals surface area (Å²) in [6.45, 7) is 3.76. The number of nitrogens with zero attached hydrogens (tertiary/aromatic N) is 1. The molecule has 0 heterocycles. The average molecular weight is 499 g/mol. The SMILES string of the molecule is CCOc1ccc(N(CC(=O)N[C@H](C)c2ccc(OC)c(OC)c2)S(=O)(=O)c2ccccc2)cc1. The Labute approximate surface area is 206 Å². The summed E-state index contributed by atoms with van der Waals surface area (Å²) in [5.74, 6) is 1.26. The zero-order chi connectivity index (χ0) is 25.4. The van der Waals surface area contributed by atoms with Crippen molar-refractivity contribution in [2.75, 3.05) is 31.7 Å². The summed E-state index contributed by atoms with van der Waals surface area (Å²) < 4.78 is 44.1. The van der Waals surface area contributed by atoms with Crippen LogP contribution < -0.4 is 23.8 Å². The minimum absolute atomic E-state index is 0.0922. The number of nitrogens with one attached hydrogen (secondary N) is 1.